The third-order valence-corrected chi connectivity index (χ3v) is 9.21. The van der Waals surface area contributed by atoms with Crippen molar-refractivity contribution in [1.29, 1.82) is 0 Å². The molecule has 2 saturated heterocycles. The number of rotatable bonds is 9. The van der Waals surface area contributed by atoms with Crippen LogP contribution >= 0.6 is 0 Å². The Bertz CT molecular complexity index is 2080. The topological polar surface area (TPSA) is 275 Å². The summed E-state index contributed by atoms with van der Waals surface area (Å²) in [7, 11) is 1.34. The second kappa shape index (κ2) is 15.7. The average molecular weight is 755 g/mol. The maximum absolute atomic E-state index is 13.4. The smallest absolute Gasteiger partial charge is 0.333 e. The lowest BCUT2D eigenvalue weighted by Gasteiger charge is -2.46. The summed E-state index contributed by atoms with van der Waals surface area (Å²) in [5.41, 5.74) is 0.252. The zero-order valence-electron chi connectivity index (χ0n) is 28.6. The molecular formula is C37H38O17. The van der Waals surface area contributed by atoms with Crippen LogP contribution in [0, 0.1) is 6.92 Å². The van der Waals surface area contributed by atoms with Crippen molar-refractivity contribution in [3.8, 4) is 34.3 Å². The number of aryl methyl sites for hydroxylation is 1. The quantitative estimate of drug-likeness (QED) is 0.0829. The fourth-order valence-corrected chi connectivity index (χ4v) is 6.34. The minimum Gasteiger partial charge on any atom is -0.508 e. The van der Waals surface area contributed by atoms with E-state index in [0.717, 1.165) is 12.1 Å². The molecule has 0 amide bonds. The summed E-state index contributed by atoms with van der Waals surface area (Å²) in [6, 6.07) is 12.6. The zero-order chi connectivity index (χ0) is 39.0. The molecule has 0 aliphatic carbocycles. The van der Waals surface area contributed by atoms with Gasteiger partial charge >= 0.3 is 5.97 Å². The highest BCUT2D eigenvalue weighted by Crippen LogP contribution is 2.44. The van der Waals surface area contributed by atoms with Crippen LogP contribution in [0.2, 0.25) is 0 Å². The van der Waals surface area contributed by atoms with Crippen LogP contribution in [0.1, 0.15) is 22.8 Å². The van der Waals surface area contributed by atoms with Crippen molar-refractivity contribution in [1.82, 2.24) is 0 Å². The monoisotopic (exact) mass is 754 g/mol. The number of aliphatic hydroxyl groups excluding tert-OH is 6. The number of ether oxygens (including phenoxy) is 5. The number of hydrogen-bond donors (Lipinski definition) is 9. The van der Waals surface area contributed by atoms with E-state index in [1.54, 1.807) is 0 Å². The largest absolute Gasteiger partial charge is 0.508 e. The van der Waals surface area contributed by atoms with Gasteiger partial charge in [-0.25, -0.2) is 4.79 Å². The van der Waals surface area contributed by atoms with E-state index in [-0.39, 0.29) is 45.1 Å². The molecule has 0 unspecified atom stereocenters. The summed E-state index contributed by atoms with van der Waals surface area (Å²) in [6.07, 6.45) is -16.3. The number of esters is 1. The number of carbonyl (C=O) groups is 1. The molecule has 0 bridgehead atoms. The molecule has 17 nitrogen and oxygen atoms in total. The summed E-state index contributed by atoms with van der Waals surface area (Å²) in [5, 5.41) is 94.9. The summed E-state index contributed by atoms with van der Waals surface area (Å²) in [5.74, 6) is -1.61. The van der Waals surface area contributed by atoms with Crippen LogP contribution in [0.5, 0.6) is 23.0 Å². The van der Waals surface area contributed by atoms with Crippen LogP contribution < -0.4 is 10.2 Å². The van der Waals surface area contributed by atoms with Crippen LogP contribution in [0.3, 0.4) is 0 Å². The first kappa shape index (κ1) is 38.6. The number of fused-ring (bicyclic) bond motifs is 1. The van der Waals surface area contributed by atoms with E-state index in [1.165, 1.54) is 68.6 Å². The zero-order valence-corrected chi connectivity index (χ0v) is 28.6. The van der Waals surface area contributed by atoms with Crippen LogP contribution in [0.4, 0.5) is 0 Å². The molecule has 2 aliphatic rings. The fourth-order valence-electron chi connectivity index (χ4n) is 6.34. The van der Waals surface area contributed by atoms with Gasteiger partial charge < -0.3 is 74.1 Å². The summed E-state index contributed by atoms with van der Waals surface area (Å²) in [4.78, 5) is 26.1. The lowest BCUT2D eigenvalue weighted by Crippen LogP contribution is -2.62. The Labute approximate surface area is 305 Å². The van der Waals surface area contributed by atoms with E-state index in [4.69, 9.17) is 28.1 Å². The normalized spacial score (nSPS) is 28.7. The predicted octanol–water partition coefficient (Wildman–Crippen LogP) is 0.455. The average Bonchev–Trinajstić information content (AvgIpc) is 3.14. The van der Waals surface area contributed by atoms with Crippen molar-refractivity contribution in [3.05, 3.63) is 87.6 Å². The molecule has 4 aromatic rings. The second-order valence-corrected chi connectivity index (χ2v) is 12.8. The maximum atomic E-state index is 13.4. The van der Waals surface area contributed by atoms with E-state index in [9.17, 15) is 55.5 Å². The Morgan fingerprint density at radius 1 is 0.852 bits per heavy atom. The van der Waals surface area contributed by atoms with E-state index >= 15 is 0 Å². The molecule has 0 saturated carbocycles. The number of benzene rings is 3. The minimum absolute atomic E-state index is 0.00748. The van der Waals surface area contributed by atoms with E-state index < -0.39 is 85.2 Å². The van der Waals surface area contributed by atoms with Crippen molar-refractivity contribution in [2.45, 2.75) is 68.3 Å². The molecular weight excluding hydrogens is 716 g/mol. The number of methoxy groups -OCH3 is 1. The van der Waals surface area contributed by atoms with E-state index in [1.807, 2.05) is 0 Å². The predicted molar refractivity (Wildman–Crippen MR) is 184 cm³/mol. The number of hydrogen-bond acceptors (Lipinski definition) is 17. The molecule has 0 spiro atoms. The molecule has 2 aliphatic heterocycles. The summed E-state index contributed by atoms with van der Waals surface area (Å²) < 4.78 is 33.5. The molecule has 17 heteroatoms. The first-order chi connectivity index (χ1) is 25.7. The summed E-state index contributed by atoms with van der Waals surface area (Å²) in [6.45, 7) is 0.708. The lowest BCUT2D eigenvalue weighted by molar-refractivity contribution is -0.368. The van der Waals surface area contributed by atoms with Crippen LogP contribution in [-0.2, 0) is 23.7 Å². The van der Waals surface area contributed by atoms with Gasteiger partial charge in [-0.3, -0.25) is 4.79 Å². The van der Waals surface area contributed by atoms with Gasteiger partial charge in [-0.1, -0.05) is 6.07 Å². The van der Waals surface area contributed by atoms with Crippen molar-refractivity contribution in [3.63, 3.8) is 0 Å². The maximum Gasteiger partial charge on any atom is 0.333 e. The molecule has 3 heterocycles. The third kappa shape index (κ3) is 7.49. The van der Waals surface area contributed by atoms with Crippen LogP contribution in [-0.4, -0.2) is 121 Å². The molecule has 9 N–H and O–H groups in total. The summed E-state index contributed by atoms with van der Waals surface area (Å²) >= 11 is 0. The number of phenols is 3. The molecule has 6 rings (SSSR count). The van der Waals surface area contributed by atoms with Gasteiger partial charge in [-0.2, -0.15) is 0 Å². The number of phenolic OH excluding ortho intramolecular Hbond substituents is 3. The van der Waals surface area contributed by atoms with E-state index in [0.29, 0.717) is 11.1 Å². The van der Waals surface area contributed by atoms with Gasteiger partial charge in [0.15, 0.2) is 23.2 Å². The Balaban J connectivity index is 1.30. The molecule has 54 heavy (non-hydrogen) atoms. The second-order valence-electron chi connectivity index (χ2n) is 12.8. The van der Waals surface area contributed by atoms with Crippen molar-refractivity contribution < 1.29 is 78.9 Å². The van der Waals surface area contributed by atoms with Crippen molar-refractivity contribution >= 4 is 23.0 Å². The number of carbonyl (C=O) groups excluding carboxylic acids is 1. The van der Waals surface area contributed by atoms with Gasteiger partial charge in [-0.05, 0) is 66.6 Å². The molecule has 0 radical (unpaired) electrons. The molecule has 3 aromatic carbocycles. The Morgan fingerprint density at radius 3 is 2.24 bits per heavy atom. The molecule has 2 fully saturated rings. The van der Waals surface area contributed by atoms with Gasteiger partial charge in [0.25, 0.3) is 0 Å². The van der Waals surface area contributed by atoms with Gasteiger partial charge in [0.1, 0.15) is 77.1 Å². The number of aliphatic hydroxyl groups is 6. The minimum atomic E-state index is -2.04. The van der Waals surface area contributed by atoms with Gasteiger partial charge in [0, 0.05) is 23.3 Å². The SMILES string of the molecule is COc1cc(/C=C/C(=O)O[C@H]2O[C@@H](O[C@@H]3[C@@H](O)[C@H](O)[C@@H](CO)O[C@H]3c3c(C)cc4oc(-c5ccc(O)cc5)cc(=O)c4c3O)[C@H](O)[C@@H](O)[C@@H]2O)ccc1O. The first-order valence-electron chi connectivity index (χ1n) is 16.5. The van der Waals surface area contributed by atoms with E-state index in [2.05, 4.69) is 0 Å². The molecule has 1 aromatic heterocycles. The lowest BCUT2D eigenvalue weighted by atomic mass is 9.87. The van der Waals surface area contributed by atoms with Crippen molar-refractivity contribution in [2.24, 2.45) is 0 Å². The van der Waals surface area contributed by atoms with Gasteiger partial charge in [-0.15, -0.1) is 0 Å². The fraction of sp³-hybridized carbons (Fsp3) is 0.351. The van der Waals surface area contributed by atoms with Crippen LogP contribution in [0.15, 0.2) is 69.9 Å². The van der Waals surface area contributed by atoms with Crippen molar-refractivity contribution in [2.75, 3.05) is 13.7 Å². The van der Waals surface area contributed by atoms with Crippen LogP contribution in [0.25, 0.3) is 28.4 Å². The highest BCUT2D eigenvalue weighted by Gasteiger charge is 2.52. The first-order valence-corrected chi connectivity index (χ1v) is 16.5. The van der Waals surface area contributed by atoms with Gasteiger partial charge in [0.2, 0.25) is 6.29 Å². The van der Waals surface area contributed by atoms with Gasteiger partial charge in [0.05, 0.1) is 13.7 Å². The molecule has 10 atom stereocenters. The number of aromatic hydroxyl groups is 3. The Kier molecular flexibility index (Phi) is 11.2. The Hall–Kier alpha value is -5.08. The molecule has 288 valence electrons. The highest BCUT2D eigenvalue weighted by molar-refractivity contribution is 5.88. The third-order valence-electron chi connectivity index (χ3n) is 9.21. The highest BCUT2D eigenvalue weighted by atomic mass is 16.8. The standard InChI is InChI=1S/C37H38O17/c1-15-11-23-27(20(41)13-21(50-23)17-5-7-18(39)8-6-17)29(44)26(15)34-35(31(46)28(43)24(14-38)51-34)53-37-33(48)30(45)32(47)36(54-37)52-25(42)10-4-16-3-9-19(40)22(12-16)49-2/h3-13,24,28,30-40,43-48H,14H2,1-2H3/b10-4+/t24-,28-,30+,31+,32+,33-,34+,35-,36+,37-/m1/s1. The Morgan fingerprint density at radius 2 is 1.56 bits per heavy atom.